The van der Waals surface area contributed by atoms with Gasteiger partial charge in [-0.3, -0.25) is 14.5 Å². The fourth-order valence-corrected chi connectivity index (χ4v) is 3.70. The number of hydrogen-bond acceptors (Lipinski definition) is 7. The minimum absolute atomic E-state index is 0. The third kappa shape index (κ3) is 5.04. The van der Waals surface area contributed by atoms with Crippen molar-refractivity contribution in [1.82, 2.24) is 20.1 Å². The van der Waals surface area contributed by atoms with Crippen LogP contribution in [0.3, 0.4) is 0 Å². The van der Waals surface area contributed by atoms with Crippen LogP contribution in [0, 0.1) is 6.54 Å². The zero-order valence-corrected chi connectivity index (χ0v) is 18.6. The van der Waals surface area contributed by atoms with Gasteiger partial charge in [0.2, 0.25) is 11.8 Å². The molecule has 2 aliphatic rings. The molecule has 2 N–H and O–H groups in total. The summed E-state index contributed by atoms with van der Waals surface area (Å²) in [7, 11) is 1.42. The molecule has 3 amide bonds. The summed E-state index contributed by atoms with van der Waals surface area (Å²) in [5.74, 6) is -0.748. The molecule has 2 aliphatic heterocycles. The SMILES string of the molecule is CN1C(=O)OC(CO)C1C(=O)NC(Cc1cscn1)C(=O)N1[CH-]CCC1.[Y]. The Balaban J connectivity index is 0.00000261. The summed E-state index contributed by atoms with van der Waals surface area (Å²) < 4.78 is 4.97. The summed E-state index contributed by atoms with van der Waals surface area (Å²) in [6.07, 6.45) is 0.334. The van der Waals surface area contributed by atoms with Crippen LogP contribution in [0.4, 0.5) is 4.79 Å². The number of nitrogens with one attached hydrogen (secondary N) is 1. The maximum absolute atomic E-state index is 12.8. The van der Waals surface area contributed by atoms with E-state index >= 15 is 0 Å². The van der Waals surface area contributed by atoms with Crippen LogP contribution in [0.5, 0.6) is 0 Å². The third-order valence-corrected chi connectivity index (χ3v) is 5.14. The molecule has 0 bridgehead atoms. The van der Waals surface area contributed by atoms with Crippen LogP contribution in [0.15, 0.2) is 10.9 Å². The van der Waals surface area contributed by atoms with E-state index in [0.29, 0.717) is 12.2 Å². The number of hydrogen-bond donors (Lipinski definition) is 2. The van der Waals surface area contributed by atoms with Crippen molar-refractivity contribution < 1.29 is 56.9 Å². The summed E-state index contributed by atoms with van der Waals surface area (Å²) in [6.45, 7) is 1.97. The minimum Gasteiger partial charge on any atom is -0.491 e. The molecule has 11 heteroatoms. The molecule has 3 heterocycles. The number of carbonyl (C=O) groups excluding carboxylic acids is 3. The predicted molar refractivity (Wildman–Crippen MR) is 91.9 cm³/mol. The van der Waals surface area contributed by atoms with Crippen molar-refractivity contribution in [1.29, 1.82) is 0 Å². The number of amides is 3. The van der Waals surface area contributed by atoms with Crippen LogP contribution in [-0.2, 0) is 53.5 Å². The van der Waals surface area contributed by atoms with E-state index in [-0.39, 0.29) is 45.0 Å². The Labute approximate surface area is 186 Å². The molecule has 0 saturated carbocycles. The van der Waals surface area contributed by atoms with Gasteiger partial charge in [-0.2, -0.15) is 6.42 Å². The summed E-state index contributed by atoms with van der Waals surface area (Å²) >= 11 is 1.41. The Bertz CT molecular complexity index is 668. The zero-order chi connectivity index (χ0) is 18.7. The number of thiazole rings is 1. The maximum atomic E-state index is 12.8. The Kier molecular flexibility index (Phi) is 8.14. The van der Waals surface area contributed by atoms with Crippen molar-refractivity contribution >= 4 is 29.2 Å². The number of aliphatic hydroxyl groups excluding tert-OH is 1. The topological polar surface area (TPSA) is 112 Å². The number of likely N-dealkylation sites (N-methyl/N-ethyl adjacent to an activating group) is 1. The average Bonchev–Trinajstić information content (AvgIpc) is 3.36. The molecule has 1 aromatic rings. The molecule has 145 valence electrons. The van der Waals surface area contributed by atoms with Gasteiger partial charge in [0.1, 0.15) is 6.04 Å². The number of aromatic nitrogens is 1. The zero-order valence-electron chi connectivity index (χ0n) is 14.9. The Hall–Kier alpha value is -1.10. The first-order chi connectivity index (χ1) is 12.5. The Morgan fingerprint density at radius 3 is 2.93 bits per heavy atom. The van der Waals surface area contributed by atoms with Crippen molar-refractivity contribution in [2.45, 2.75) is 37.5 Å². The molecule has 1 radical (unpaired) electrons. The van der Waals surface area contributed by atoms with E-state index in [1.165, 1.54) is 18.4 Å². The van der Waals surface area contributed by atoms with Gasteiger partial charge >= 0.3 is 6.09 Å². The molecule has 0 spiro atoms. The first-order valence-corrected chi connectivity index (χ1v) is 9.31. The van der Waals surface area contributed by atoms with E-state index in [9.17, 15) is 19.5 Å². The molecule has 2 fully saturated rings. The second kappa shape index (κ2) is 9.90. The molecule has 0 aromatic carbocycles. The average molecular weight is 470 g/mol. The van der Waals surface area contributed by atoms with Crippen LogP contribution in [-0.4, -0.2) is 76.2 Å². The molecule has 1 aromatic heterocycles. The molecule has 27 heavy (non-hydrogen) atoms. The van der Waals surface area contributed by atoms with Crippen LogP contribution >= 0.6 is 11.3 Å². The number of cyclic esters (lactones) is 1. The maximum Gasteiger partial charge on any atom is 0.410 e. The van der Waals surface area contributed by atoms with Crippen LogP contribution in [0.25, 0.3) is 0 Å². The van der Waals surface area contributed by atoms with Gasteiger partial charge in [-0.05, 0) is 6.54 Å². The van der Waals surface area contributed by atoms with Gasteiger partial charge < -0.3 is 20.1 Å². The van der Waals surface area contributed by atoms with E-state index in [0.717, 1.165) is 17.7 Å². The summed E-state index contributed by atoms with van der Waals surface area (Å²) in [5.41, 5.74) is 2.37. The number of rotatable bonds is 6. The summed E-state index contributed by atoms with van der Waals surface area (Å²) in [4.78, 5) is 44.1. The van der Waals surface area contributed by atoms with Crippen molar-refractivity contribution in [2.75, 3.05) is 20.2 Å². The van der Waals surface area contributed by atoms with Gasteiger partial charge in [0.25, 0.3) is 0 Å². The number of nitrogens with zero attached hydrogens (tertiary/aromatic N) is 3. The quantitative estimate of drug-likeness (QED) is 0.556. The van der Waals surface area contributed by atoms with Crippen molar-refractivity contribution in [2.24, 2.45) is 0 Å². The fourth-order valence-electron chi connectivity index (χ4n) is 3.13. The van der Waals surface area contributed by atoms with Crippen LogP contribution in [0.1, 0.15) is 18.5 Å². The molecule has 3 atom stereocenters. The Morgan fingerprint density at radius 2 is 2.33 bits per heavy atom. The summed E-state index contributed by atoms with van der Waals surface area (Å²) in [5, 5.41) is 13.9. The van der Waals surface area contributed by atoms with Crippen molar-refractivity contribution in [3.63, 3.8) is 0 Å². The number of ether oxygens (including phenoxy) is 1. The van der Waals surface area contributed by atoms with Gasteiger partial charge in [0.15, 0.2) is 12.1 Å². The minimum atomic E-state index is -0.985. The first-order valence-electron chi connectivity index (χ1n) is 8.37. The molecule has 2 saturated heterocycles. The second-order valence-electron chi connectivity index (χ2n) is 6.26. The largest absolute Gasteiger partial charge is 0.491 e. The molecular formula is C16H21N4O5SY-. The summed E-state index contributed by atoms with van der Waals surface area (Å²) in [6, 6.07) is -1.79. The van der Waals surface area contributed by atoms with Gasteiger partial charge in [0, 0.05) is 51.6 Å². The van der Waals surface area contributed by atoms with Crippen LogP contribution in [0.2, 0.25) is 0 Å². The van der Waals surface area contributed by atoms with E-state index in [2.05, 4.69) is 10.3 Å². The van der Waals surface area contributed by atoms with Gasteiger partial charge in [0.05, 0.1) is 17.8 Å². The van der Waals surface area contributed by atoms with E-state index in [1.807, 2.05) is 11.9 Å². The number of carbonyl (C=O) groups is 3. The van der Waals surface area contributed by atoms with Gasteiger partial charge in [-0.1, -0.05) is 6.42 Å². The number of aliphatic hydroxyl groups is 1. The smallest absolute Gasteiger partial charge is 0.410 e. The Morgan fingerprint density at radius 1 is 1.56 bits per heavy atom. The number of likely N-dealkylation sites (tertiary alicyclic amines) is 1. The molecular weight excluding hydrogens is 449 g/mol. The van der Waals surface area contributed by atoms with Gasteiger partial charge in [-0.15, -0.1) is 11.3 Å². The predicted octanol–water partition coefficient (Wildman–Crippen LogP) is -0.236. The van der Waals surface area contributed by atoms with Crippen molar-refractivity contribution in [3.05, 3.63) is 23.1 Å². The normalized spacial score (nSPS) is 23.0. The van der Waals surface area contributed by atoms with Gasteiger partial charge in [-0.25, -0.2) is 16.3 Å². The van der Waals surface area contributed by atoms with Crippen LogP contribution < -0.4 is 5.32 Å². The third-order valence-electron chi connectivity index (χ3n) is 4.51. The van der Waals surface area contributed by atoms with Crippen molar-refractivity contribution in [3.8, 4) is 0 Å². The van der Waals surface area contributed by atoms with E-state index in [1.54, 1.807) is 10.4 Å². The van der Waals surface area contributed by atoms with E-state index in [4.69, 9.17) is 4.74 Å². The standard InChI is InChI=1S/C16H21N4O5S.Y/c1-19-13(12(7-21)25-16(19)24)14(22)18-11(6-10-8-26-9-17-10)15(23)20-4-2-3-5-20;/h4,8-9,11-13,21H,2-3,5-7H2,1H3,(H,18,22);/q-1;. The molecule has 0 aliphatic carbocycles. The monoisotopic (exact) mass is 470 g/mol. The molecule has 3 rings (SSSR count). The second-order valence-corrected chi connectivity index (χ2v) is 6.98. The first kappa shape index (κ1) is 22.2. The van der Waals surface area contributed by atoms with E-state index < -0.39 is 36.8 Å². The molecule has 9 nitrogen and oxygen atoms in total. The molecule has 3 unspecified atom stereocenters. The fraction of sp³-hybridized carbons (Fsp3) is 0.562.